The molecule has 0 aliphatic heterocycles. The van der Waals surface area contributed by atoms with Gasteiger partial charge in [0.1, 0.15) is 18.6 Å². The zero-order valence-electron chi connectivity index (χ0n) is 18.3. The lowest BCUT2D eigenvalue weighted by Gasteiger charge is -2.13. The number of benzene rings is 3. The van der Waals surface area contributed by atoms with Crippen LogP contribution in [0.15, 0.2) is 79.0 Å². The highest BCUT2D eigenvalue weighted by Gasteiger charge is 2.10. The van der Waals surface area contributed by atoms with Crippen LogP contribution < -0.4 is 4.74 Å². The molecule has 32 heavy (non-hydrogen) atoms. The van der Waals surface area contributed by atoms with Gasteiger partial charge in [0.05, 0.1) is 24.4 Å². The SMILES string of the molecule is CO.COC(CC=O)c1ccc(OCc2ccc3c(cnn3Cc3ccccc3)c2)cc1. The zero-order chi connectivity index (χ0) is 22.8. The first-order valence-corrected chi connectivity index (χ1v) is 10.4. The van der Waals surface area contributed by atoms with Gasteiger partial charge in [-0.1, -0.05) is 48.5 Å². The van der Waals surface area contributed by atoms with E-state index in [1.54, 1.807) is 7.11 Å². The van der Waals surface area contributed by atoms with Gasteiger partial charge < -0.3 is 19.4 Å². The Kier molecular flexibility index (Phi) is 8.54. The minimum Gasteiger partial charge on any atom is -0.489 e. The van der Waals surface area contributed by atoms with Gasteiger partial charge in [-0.2, -0.15) is 5.10 Å². The predicted octanol–water partition coefficient (Wildman–Crippen LogP) is 4.55. The van der Waals surface area contributed by atoms with Crippen molar-refractivity contribution in [1.29, 1.82) is 0 Å². The third-order valence-corrected chi connectivity index (χ3v) is 5.13. The second-order valence-electron chi connectivity index (χ2n) is 7.17. The van der Waals surface area contributed by atoms with Crippen molar-refractivity contribution in [1.82, 2.24) is 9.78 Å². The molecule has 4 aromatic rings. The van der Waals surface area contributed by atoms with E-state index in [1.165, 1.54) is 5.56 Å². The Labute approximate surface area is 188 Å². The van der Waals surface area contributed by atoms with Gasteiger partial charge in [-0.25, -0.2) is 0 Å². The molecule has 1 N–H and O–H groups in total. The van der Waals surface area contributed by atoms with Crippen molar-refractivity contribution in [3.8, 4) is 5.75 Å². The number of fused-ring (bicyclic) bond motifs is 1. The van der Waals surface area contributed by atoms with Crippen molar-refractivity contribution in [2.45, 2.75) is 25.7 Å². The van der Waals surface area contributed by atoms with Crippen LogP contribution in [0.25, 0.3) is 10.9 Å². The summed E-state index contributed by atoms with van der Waals surface area (Å²) in [5, 5.41) is 12.6. The Morgan fingerprint density at radius 3 is 2.44 bits per heavy atom. The lowest BCUT2D eigenvalue weighted by atomic mass is 10.1. The largest absolute Gasteiger partial charge is 0.489 e. The molecule has 0 radical (unpaired) electrons. The van der Waals surface area contributed by atoms with Gasteiger partial charge >= 0.3 is 0 Å². The Balaban J connectivity index is 0.00000141. The number of hydrogen-bond acceptors (Lipinski definition) is 5. The Morgan fingerprint density at radius 1 is 1.00 bits per heavy atom. The first-order chi connectivity index (χ1) is 15.8. The molecule has 0 saturated carbocycles. The summed E-state index contributed by atoms with van der Waals surface area (Å²) in [5.74, 6) is 0.777. The molecule has 3 aromatic carbocycles. The molecule has 0 bridgehead atoms. The van der Waals surface area contributed by atoms with Crippen LogP contribution >= 0.6 is 0 Å². The number of aliphatic hydroxyl groups excluding tert-OH is 1. The number of aromatic nitrogens is 2. The molecule has 0 saturated heterocycles. The van der Waals surface area contributed by atoms with Crippen LogP contribution in [-0.4, -0.2) is 35.4 Å². The molecule has 0 fully saturated rings. The molecule has 0 aliphatic rings. The zero-order valence-corrected chi connectivity index (χ0v) is 18.3. The highest BCUT2D eigenvalue weighted by Crippen LogP contribution is 2.23. The topological polar surface area (TPSA) is 73.6 Å². The van der Waals surface area contributed by atoms with E-state index in [2.05, 4.69) is 35.4 Å². The minimum absolute atomic E-state index is 0.216. The molecule has 1 heterocycles. The molecule has 6 heteroatoms. The van der Waals surface area contributed by atoms with Gasteiger partial charge in [0, 0.05) is 26.0 Å². The van der Waals surface area contributed by atoms with E-state index in [4.69, 9.17) is 14.6 Å². The summed E-state index contributed by atoms with van der Waals surface area (Å²) in [7, 11) is 2.61. The van der Waals surface area contributed by atoms with E-state index in [9.17, 15) is 4.79 Å². The summed E-state index contributed by atoms with van der Waals surface area (Å²) in [6.45, 7) is 1.22. The average Bonchev–Trinajstić information content (AvgIpc) is 3.25. The van der Waals surface area contributed by atoms with Gasteiger partial charge in [0.2, 0.25) is 0 Å². The van der Waals surface area contributed by atoms with Gasteiger partial charge in [-0.05, 0) is 41.0 Å². The number of rotatable bonds is 9. The maximum Gasteiger partial charge on any atom is 0.122 e. The van der Waals surface area contributed by atoms with Crippen LogP contribution in [-0.2, 0) is 22.7 Å². The Bertz CT molecular complexity index is 1110. The molecule has 0 aliphatic carbocycles. The van der Waals surface area contributed by atoms with E-state index in [0.717, 1.165) is 47.7 Å². The van der Waals surface area contributed by atoms with E-state index in [-0.39, 0.29) is 6.10 Å². The number of methoxy groups -OCH3 is 1. The lowest BCUT2D eigenvalue weighted by Crippen LogP contribution is -2.02. The van der Waals surface area contributed by atoms with E-state index >= 15 is 0 Å². The summed E-state index contributed by atoms with van der Waals surface area (Å²) in [5.41, 5.74) is 4.38. The second-order valence-corrected chi connectivity index (χ2v) is 7.17. The Morgan fingerprint density at radius 2 is 1.75 bits per heavy atom. The number of aliphatic hydroxyl groups is 1. The van der Waals surface area contributed by atoms with Gasteiger partial charge in [0.15, 0.2) is 0 Å². The van der Waals surface area contributed by atoms with E-state index < -0.39 is 0 Å². The number of hydrogen-bond donors (Lipinski definition) is 1. The highest BCUT2D eigenvalue weighted by molar-refractivity contribution is 5.79. The van der Waals surface area contributed by atoms with Crippen LogP contribution in [0.2, 0.25) is 0 Å². The minimum atomic E-state index is -0.216. The van der Waals surface area contributed by atoms with Crippen molar-refractivity contribution >= 4 is 17.2 Å². The summed E-state index contributed by atoms with van der Waals surface area (Å²) < 4.78 is 13.3. The quantitative estimate of drug-likeness (QED) is 0.393. The van der Waals surface area contributed by atoms with Crippen molar-refractivity contribution < 1.29 is 19.4 Å². The van der Waals surface area contributed by atoms with Crippen LogP contribution in [0.1, 0.15) is 29.2 Å². The number of carbonyl (C=O) groups excluding carboxylic acids is 1. The molecule has 1 aromatic heterocycles. The van der Waals surface area contributed by atoms with Crippen LogP contribution in [0.5, 0.6) is 5.75 Å². The van der Waals surface area contributed by atoms with Crippen molar-refractivity contribution in [2.24, 2.45) is 0 Å². The number of carbonyl (C=O) groups is 1. The third-order valence-electron chi connectivity index (χ3n) is 5.13. The monoisotopic (exact) mass is 432 g/mol. The third kappa shape index (κ3) is 5.81. The predicted molar refractivity (Wildman–Crippen MR) is 125 cm³/mol. The highest BCUT2D eigenvalue weighted by atomic mass is 16.5. The Hall–Kier alpha value is -3.48. The smallest absolute Gasteiger partial charge is 0.122 e. The van der Waals surface area contributed by atoms with Crippen LogP contribution in [0.4, 0.5) is 0 Å². The van der Waals surface area contributed by atoms with Crippen LogP contribution in [0, 0.1) is 0 Å². The molecule has 1 unspecified atom stereocenters. The molecule has 166 valence electrons. The van der Waals surface area contributed by atoms with E-state index in [0.29, 0.717) is 13.0 Å². The number of aldehydes is 1. The summed E-state index contributed by atoms with van der Waals surface area (Å²) in [6, 6.07) is 24.3. The fourth-order valence-electron chi connectivity index (χ4n) is 3.51. The summed E-state index contributed by atoms with van der Waals surface area (Å²) in [6.07, 6.45) is 2.89. The molecule has 0 amide bonds. The van der Waals surface area contributed by atoms with Gasteiger partial charge in [0.25, 0.3) is 0 Å². The standard InChI is InChI=1S/C25H24N2O3.CH4O/c1-29-25(13-14-28)21-8-10-23(11-9-21)30-18-20-7-12-24-22(15-20)16-26-27(24)17-19-5-3-2-4-6-19;1-2/h2-12,14-16,25H,13,17-18H2,1H3;2H,1H3. The number of nitrogens with zero attached hydrogens (tertiary/aromatic N) is 2. The molecule has 6 nitrogen and oxygen atoms in total. The molecule has 1 atom stereocenters. The lowest BCUT2D eigenvalue weighted by molar-refractivity contribution is -0.110. The van der Waals surface area contributed by atoms with Gasteiger partial charge in [-0.15, -0.1) is 0 Å². The second kappa shape index (κ2) is 11.8. The van der Waals surface area contributed by atoms with Gasteiger partial charge in [-0.3, -0.25) is 4.68 Å². The maximum atomic E-state index is 10.7. The number of ether oxygens (including phenoxy) is 2. The van der Waals surface area contributed by atoms with E-state index in [1.807, 2.05) is 53.3 Å². The molecule has 0 spiro atoms. The molecular weight excluding hydrogens is 404 g/mol. The average molecular weight is 433 g/mol. The first kappa shape index (κ1) is 23.2. The molecule has 4 rings (SSSR count). The van der Waals surface area contributed by atoms with Crippen molar-refractivity contribution in [3.63, 3.8) is 0 Å². The van der Waals surface area contributed by atoms with Crippen molar-refractivity contribution in [2.75, 3.05) is 14.2 Å². The first-order valence-electron chi connectivity index (χ1n) is 10.4. The summed E-state index contributed by atoms with van der Waals surface area (Å²) >= 11 is 0. The normalized spacial score (nSPS) is 11.5. The van der Waals surface area contributed by atoms with Crippen LogP contribution in [0.3, 0.4) is 0 Å². The maximum absolute atomic E-state index is 10.7. The molecular formula is C26H28N2O4. The fourth-order valence-corrected chi connectivity index (χ4v) is 3.51. The van der Waals surface area contributed by atoms with Crippen molar-refractivity contribution in [3.05, 3.63) is 95.7 Å². The fraction of sp³-hybridized carbons (Fsp3) is 0.231. The summed E-state index contributed by atoms with van der Waals surface area (Å²) in [4.78, 5) is 10.7.